The van der Waals surface area contributed by atoms with Crippen LogP contribution in [0.15, 0.2) is 85.1 Å². The summed E-state index contributed by atoms with van der Waals surface area (Å²) >= 11 is 0. The van der Waals surface area contributed by atoms with Gasteiger partial charge in [0.1, 0.15) is 17.0 Å². The van der Waals surface area contributed by atoms with Crippen LogP contribution in [0.1, 0.15) is 18.4 Å². The lowest BCUT2D eigenvalue weighted by atomic mass is 10.0. The van der Waals surface area contributed by atoms with E-state index in [9.17, 15) is 14.0 Å². The Morgan fingerprint density at radius 3 is 2.37 bits per heavy atom. The normalized spacial score (nSPS) is 15.8. The highest BCUT2D eigenvalue weighted by Gasteiger charge is 2.57. The topological polar surface area (TPSA) is 123 Å². The van der Waals surface area contributed by atoms with Gasteiger partial charge in [0, 0.05) is 49.0 Å². The van der Waals surface area contributed by atoms with Crippen molar-refractivity contribution in [1.29, 1.82) is 0 Å². The molecule has 6 rings (SSSR count). The number of anilines is 4. The third-order valence-corrected chi connectivity index (χ3v) is 7.56. The van der Waals surface area contributed by atoms with Gasteiger partial charge in [0.15, 0.2) is 0 Å². The zero-order chi connectivity index (χ0) is 29.8. The van der Waals surface area contributed by atoms with Crippen LogP contribution < -0.4 is 20.7 Å². The number of amides is 2. The Bertz CT molecular complexity index is 1610. The van der Waals surface area contributed by atoms with Gasteiger partial charge in [0.05, 0.1) is 13.2 Å². The number of benzene rings is 3. The molecule has 1 saturated heterocycles. The summed E-state index contributed by atoms with van der Waals surface area (Å²) in [5, 5.41) is 3.24. The van der Waals surface area contributed by atoms with E-state index < -0.39 is 23.0 Å². The fraction of sp³-hybridized carbons (Fsp3) is 0.250. The monoisotopic (exact) mass is 582 g/mol. The van der Waals surface area contributed by atoms with Crippen LogP contribution in [0.5, 0.6) is 11.6 Å². The number of nitrogens with zero attached hydrogens (tertiary/aromatic N) is 4. The second-order valence-electron chi connectivity index (χ2n) is 10.6. The van der Waals surface area contributed by atoms with E-state index in [1.165, 1.54) is 34.7 Å². The first-order chi connectivity index (χ1) is 20.9. The number of nitrogens with one attached hydrogen (secondary N) is 1. The predicted octanol–water partition coefficient (Wildman–Crippen LogP) is 4.91. The number of morpholine rings is 1. The quantitative estimate of drug-likeness (QED) is 0.253. The molecular weight excluding hydrogens is 551 g/mol. The van der Waals surface area contributed by atoms with E-state index in [1.54, 1.807) is 36.5 Å². The van der Waals surface area contributed by atoms with Gasteiger partial charge in [0.2, 0.25) is 23.6 Å². The first-order valence-electron chi connectivity index (χ1n) is 14.1. The van der Waals surface area contributed by atoms with Gasteiger partial charge in [-0.15, -0.1) is 0 Å². The highest BCUT2D eigenvalue weighted by Crippen LogP contribution is 2.49. The summed E-state index contributed by atoms with van der Waals surface area (Å²) in [6.07, 6.45) is 2.36. The predicted molar refractivity (Wildman–Crippen MR) is 159 cm³/mol. The van der Waals surface area contributed by atoms with Crippen molar-refractivity contribution in [2.24, 2.45) is 11.1 Å². The first kappa shape index (κ1) is 28.3. The molecule has 0 spiro atoms. The molecule has 4 aromatic rings. The number of carbonyl (C=O) groups is 2. The van der Waals surface area contributed by atoms with Crippen LogP contribution in [0.4, 0.5) is 27.4 Å². The molecule has 1 saturated carbocycles. The molecule has 0 unspecified atom stereocenters. The van der Waals surface area contributed by atoms with Crippen molar-refractivity contribution in [2.75, 3.05) is 36.5 Å². The Morgan fingerprint density at radius 1 is 1.00 bits per heavy atom. The molecule has 3 N–H and O–H groups in total. The summed E-state index contributed by atoms with van der Waals surface area (Å²) in [4.78, 5) is 38.2. The molecular formula is C32H31FN6O4. The Kier molecular flexibility index (Phi) is 7.99. The summed E-state index contributed by atoms with van der Waals surface area (Å²) in [6.45, 7) is 4.17. The van der Waals surface area contributed by atoms with Crippen LogP contribution in [0.3, 0.4) is 0 Å². The van der Waals surface area contributed by atoms with Crippen molar-refractivity contribution < 1.29 is 23.5 Å². The van der Waals surface area contributed by atoms with Crippen molar-refractivity contribution in [3.8, 4) is 11.6 Å². The maximum atomic E-state index is 13.6. The molecule has 0 bridgehead atoms. The van der Waals surface area contributed by atoms with E-state index in [-0.39, 0.29) is 0 Å². The second kappa shape index (κ2) is 12.2. The Morgan fingerprint density at radius 2 is 1.70 bits per heavy atom. The van der Waals surface area contributed by atoms with Crippen LogP contribution in [0, 0.1) is 11.2 Å². The molecule has 43 heavy (non-hydrogen) atoms. The average Bonchev–Trinajstić information content (AvgIpc) is 3.83. The molecule has 1 aliphatic heterocycles. The van der Waals surface area contributed by atoms with Crippen molar-refractivity contribution in [1.82, 2.24) is 14.9 Å². The second-order valence-corrected chi connectivity index (χ2v) is 10.6. The molecule has 2 heterocycles. The van der Waals surface area contributed by atoms with Crippen LogP contribution >= 0.6 is 0 Å². The third kappa shape index (κ3) is 6.47. The van der Waals surface area contributed by atoms with Gasteiger partial charge < -0.3 is 20.5 Å². The number of hydrogen-bond donors (Lipinski definition) is 2. The standard InChI is InChI=1S/C32H31FN6O4/c33-23-4-6-25(7-5-23)39(30(41)32(13-14-32)29(34)40)26-8-10-27(11-9-26)43-28-12-15-35-31(37-28)36-24-3-1-2-22(20-24)21-38-16-18-42-19-17-38/h1-12,15,20H,13-14,16-19,21H2,(H2,34,40)(H,35,36,37). The molecule has 0 atom stereocenters. The molecule has 10 nitrogen and oxygen atoms in total. The molecule has 0 radical (unpaired) electrons. The number of ether oxygens (including phenoxy) is 2. The van der Waals surface area contributed by atoms with Gasteiger partial charge in [-0.2, -0.15) is 4.98 Å². The van der Waals surface area contributed by atoms with Crippen molar-refractivity contribution >= 4 is 34.8 Å². The number of halogens is 1. The van der Waals surface area contributed by atoms with Crippen molar-refractivity contribution in [3.05, 3.63) is 96.4 Å². The highest BCUT2D eigenvalue weighted by molar-refractivity contribution is 6.16. The molecule has 1 aromatic heterocycles. The lowest BCUT2D eigenvalue weighted by molar-refractivity contribution is -0.133. The minimum atomic E-state index is -1.25. The maximum Gasteiger partial charge on any atom is 0.247 e. The number of primary amides is 1. The molecule has 1 aliphatic carbocycles. The molecule has 11 heteroatoms. The molecule has 3 aromatic carbocycles. The van der Waals surface area contributed by atoms with E-state index >= 15 is 0 Å². The lowest BCUT2D eigenvalue weighted by Crippen LogP contribution is -2.41. The van der Waals surface area contributed by atoms with Gasteiger partial charge in [-0.05, 0) is 79.1 Å². The number of hydrogen-bond acceptors (Lipinski definition) is 8. The number of aromatic nitrogens is 2. The number of rotatable bonds is 10. The van der Waals surface area contributed by atoms with Gasteiger partial charge in [-0.25, -0.2) is 9.37 Å². The fourth-order valence-corrected chi connectivity index (χ4v) is 5.02. The fourth-order valence-electron chi connectivity index (χ4n) is 5.02. The maximum absolute atomic E-state index is 13.6. The Labute approximate surface area is 248 Å². The summed E-state index contributed by atoms with van der Waals surface area (Å²) in [5.41, 5.74) is 7.27. The smallest absolute Gasteiger partial charge is 0.247 e. The molecule has 220 valence electrons. The van der Waals surface area contributed by atoms with E-state index in [0.717, 1.165) is 38.5 Å². The Hall–Kier alpha value is -4.87. The summed E-state index contributed by atoms with van der Waals surface area (Å²) in [5.74, 6) is -0.361. The van der Waals surface area contributed by atoms with Gasteiger partial charge in [-0.3, -0.25) is 19.4 Å². The minimum Gasteiger partial charge on any atom is -0.439 e. The minimum absolute atomic E-state index is 0.326. The molecule has 2 aliphatic rings. The lowest BCUT2D eigenvalue weighted by Gasteiger charge is -2.26. The largest absolute Gasteiger partial charge is 0.439 e. The van der Waals surface area contributed by atoms with Crippen molar-refractivity contribution in [2.45, 2.75) is 19.4 Å². The van der Waals surface area contributed by atoms with E-state index in [4.69, 9.17) is 15.2 Å². The highest BCUT2D eigenvalue weighted by atomic mass is 19.1. The molecule has 2 fully saturated rings. The SMILES string of the molecule is NC(=O)C1(C(=O)N(c2ccc(F)cc2)c2ccc(Oc3ccnc(Nc4cccc(CN5CCOCC5)c4)n3)cc2)CC1. The van der Waals surface area contributed by atoms with Crippen LogP contribution in [-0.2, 0) is 20.9 Å². The van der Waals surface area contributed by atoms with Gasteiger partial charge >= 0.3 is 0 Å². The molecule has 2 amide bonds. The summed E-state index contributed by atoms with van der Waals surface area (Å²) in [7, 11) is 0. The van der Waals surface area contributed by atoms with Crippen LogP contribution in [-0.4, -0.2) is 53.0 Å². The Balaban J connectivity index is 1.16. The zero-order valence-corrected chi connectivity index (χ0v) is 23.4. The van der Waals surface area contributed by atoms with Crippen LogP contribution in [0.2, 0.25) is 0 Å². The number of carbonyl (C=O) groups excluding carboxylic acids is 2. The number of nitrogens with two attached hydrogens (primary N) is 1. The van der Waals surface area contributed by atoms with E-state index in [0.29, 0.717) is 41.8 Å². The third-order valence-electron chi connectivity index (χ3n) is 7.56. The van der Waals surface area contributed by atoms with Crippen molar-refractivity contribution in [3.63, 3.8) is 0 Å². The van der Waals surface area contributed by atoms with E-state index in [2.05, 4.69) is 32.3 Å². The average molecular weight is 583 g/mol. The van der Waals surface area contributed by atoms with Gasteiger partial charge in [0.25, 0.3) is 0 Å². The van der Waals surface area contributed by atoms with Gasteiger partial charge in [-0.1, -0.05) is 12.1 Å². The summed E-state index contributed by atoms with van der Waals surface area (Å²) in [6, 6.07) is 22.0. The van der Waals surface area contributed by atoms with Crippen LogP contribution in [0.25, 0.3) is 0 Å². The summed E-state index contributed by atoms with van der Waals surface area (Å²) < 4.78 is 25.0. The zero-order valence-electron chi connectivity index (χ0n) is 23.4. The first-order valence-corrected chi connectivity index (χ1v) is 14.1. The van der Waals surface area contributed by atoms with E-state index in [1.807, 2.05) is 12.1 Å².